The first-order valence-corrected chi connectivity index (χ1v) is 15.2. The molecule has 0 spiro atoms. The number of methoxy groups -OCH3 is 3. The number of ether oxygens (including phenoxy) is 3. The third-order valence-corrected chi connectivity index (χ3v) is 9.07. The second-order valence-electron chi connectivity index (χ2n) is 11.9. The van der Waals surface area contributed by atoms with Gasteiger partial charge in [0.2, 0.25) is 0 Å². The van der Waals surface area contributed by atoms with Crippen LogP contribution in [0.15, 0.2) is 107 Å². The van der Waals surface area contributed by atoms with Gasteiger partial charge in [-0.25, -0.2) is 15.0 Å². The van der Waals surface area contributed by atoms with Crippen LogP contribution in [0.3, 0.4) is 0 Å². The van der Waals surface area contributed by atoms with Gasteiger partial charge in [-0.1, -0.05) is 0 Å². The minimum atomic E-state index is -1.72. The van der Waals surface area contributed by atoms with Crippen molar-refractivity contribution in [2.24, 2.45) is 15.0 Å². The molecule has 5 aliphatic heterocycles. The molecule has 5 heterocycles. The van der Waals surface area contributed by atoms with Crippen molar-refractivity contribution in [3.05, 3.63) is 92.0 Å². The Morgan fingerprint density at radius 2 is 1.37 bits per heavy atom. The Balaban J connectivity index is 1.76. The Morgan fingerprint density at radius 3 is 2.00 bits per heavy atom. The number of aliphatic imine (C=N–C) groups is 3. The van der Waals surface area contributed by atoms with Gasteiger partial charge in [0, 0.05) is 25.5 Å². The van der Waals surface area contributed by atoms with Crippen LogP contribution in [0.2, 0.25) is 0 Å². The summed E-state index contributed by atoms with van der Waals surface area (Å²) in [5, 5.41) is 25.8. The Kier molecular flexibility index (Phi) is 9.01. The molecule has 0 saturated heterocycles. The van der Waals surface area contributed by atoms with E-state index in [0.717, 1.165) is 33.4 Å². The molecule has 2 atom stereocenters. The Labute approximate surface area is 268 Å². The number of carbonyl (C=O) groups excluding carboxylic acids is 2. The van der Waals surface area contributed by atoms with Crippen molar-refractivity contribution in [3.63, 3.8) is 0 Å². The van der Waals surface area contributed by atoms with Crippen LogP contribution in [-0.2, 0) is 23.8 Å². The number of fused-ring (bicyclic) bond motifs is 5. The van der Waals surface area contributed by atoms with E-state index in [9.17, 15) is 19.8 Å². The number of rotatable bonds is 8. The van der Waals surface area contributed by atoms with E-state index >= 15 is 0 Å². The zero-order valence-corrected chi connectivity index (χ0v) is 27.5. The molecule has 8 bridgehead atoms. The number of aliphatic hydroxyl groups excluding tert-OH is 1. The molecule has 5 rings (SSSR count). The molecular weight excluding hydrogens is 588 g/mol. The van der Waals surface area contributed by atoms with Gasteiger partial charge in [0.1, 0.15) is 0 Å². The summed E-state index contributed by atoms with van der Waals surface area (Å²) in [6.07, 6.45) is 7.95. The third kappa shape index (κ3) is 5.88. The fourth-order valence-electron chi connectivity index (χ4n) is 6.08. The Morgan fingerprint density at radius 1 is 0.804 bits per heavy atom. The van der Waals surface area contributed by atoms with Crippen molar-refractivity contribution in [3.8, 4) is 0 Å². The maximum atomic E-state index is 12.2. The number of nitrogens with zero attached hydrogens (tertiary/aromatic N) is 3. The molecular formula is C35H40N4O7. The van der Waals surface area contributed by atoms with E-state index < -0.39 is 5.60 Å². The van der Waals surface area contributed by atoms with Crippen LogP contribution in [0.4, 0.5) is 0 Å². The van der Waals surface area contributed by atoms with Gasteiger partial charge in [-0.05, 0) is 99.6 Å². The monoisotopic (exact) mass is 628 g/mol. The van der Waals surface area contributed by atoms with Crippen molar-refractivity contribution in [1.82, 2.24) is 5.32 Å². The maximum absolute atomic E-state index is 12.2. The lowest BCUT2D eigenvalue weighted by Gasteiger charge is -2.19. The van der Waals surface area contributed by atoms with E-state index in [0.29, 0.717) is 52.8 Å². The molecule has 0 amide bonds. The summed E-state index contributed by atoms with van der Waals surface area (Å²) in [7, 11) is 4.34. The predicted molar refractivity (Wildman–Crippen MR) is 175 cm³/mol. The summed E-state index contributed by atoms with van der Waals surface area (Å²) in [5.74, 6) is -0.938. The maximum Gasteiger partial charge on any atom is 0.305 e. The van der Waals surface area contributed by atoms with Gasteiger partial charge in [-0.3, -0.25) is 9.59 Å². The van der Waals surface area contributed by atoms with Gasteiger partial charge in [-0.2, -0.15) is 0 Å². The quantitative estimate of drug-likeness (QED) is 0.321. The van der Waals surface area contributed by atoms with Gasteiger partial charge in [0.15, 0.2) is 11.4 Å². The highest BCUT2D eigenvalue weighted by Gasteiger charge is 2.41. The molecule has 3 N–H and O–H groups in total. The molecule has 0 fully saturated rings. The molecule has 46 heavy (non-hydrogen) atoms. The zero-order chi connectivity index (χ0) is 33.5. The normalized spacial score (nSPS) is 23.0. The molecule has 2 unspecified atom stereocenters. The molecule has 11 nitrogen and oxygen atoms in total. The second kappa shape index (κ2) is 12.6. The summed E-state index contributed by atoms with van der Waals surface area (Å²) >= 11 is 0. The molecule has 0 aromatic heterocycles. The molecule has 11 heteroatoms. The highest BCUT2D eigenvalue weighted by molar-refractivity contribution is 6.18. The van der Waals surface area contributed by atoms with Crippen LogP contribution in [0.25, 0.3) is 0 Å². The average Bonchev–Trinajstić information content (AvgIpc) is 3.67. The van der Waals surface area contributed by atoms with Crippen molar-refractivity contribution in [1.29, 1.82) is 0 Å². The second-order valence-corrected chi connectivity index (χ2v) is 11.9. The zero-order valence-electron chi connectivity index (χ0n) is 27.5. The summed E-state index contributed by atoms with van der Waals surface area (Å²) in [5.41, 5.74) is 7.77. The van der Waals surface area contributed by atoms with E-state index in [4.69, 9.17) is 29.2 Å². The average molecular weight is 629 g/mol. The summed E-state index contributed by atoms with van der Waals surface area (Å²) < 4.78 is 15.5. The van der Waals surface area contributed by atoms with Crippen LogP contribution in [-0.4, -0.2) is 72.3 Å². The van der Waals surface area contributed by atoms with Crippen molar-refractivity contribution >= 4 is 29.1 Å². The lowest BCUT2D eigenvalue weighted by Crippen LogP contribution is -2.30. The predicted octanol–water partition coefficient (Wildman–Crippen LogP) is 4.91. The molecule has 5 aliphatic rings. The van der Waals surface area contributed by atoms with Crippen LogP contribution in [0.1, 0.15) is 60.3 Å². The van der Waals surface area contributed by atoms with Crippen molar-refractivity contribution in [2.75, 3.05) is 21.3 Å². The lowest BCUT2D eigenvalue weighted by atomic mass is 9.95. The lowest BCUT2D eigenvalue weighted by molar-refractivity contribution is -0.141. The fourth-order valence-corrected chi connectivity index (χ4v) is 6.08. The van der Waals surface area contributed by atoms with Crippen LogP contribution >= 0.6 is 0 Å². The summed E-state index contributed by atoms with van der Waals surface area (Å²) in [6.45, 7) is 9.27. The smallest absolute Gasteiger partial charge is 0.305 e. The van der Waals surface area contributed by atoms with Crippen LogP contribution in [0, 0.1) is 0 Å². The number of allylic oxidation sites excluding steroid dienone is 9. The van der Waals surface area contributed by atoms with Crippen molar-refractivity contribution in [2.45, 2.75) is 72.0 Å². The summed E-state index contributed by atoms with van der Waals surface area (Å²) in [4.78, 5) is 39.2. The fraction of sp³-hybridized carbons (Fsp3) is 0.400. The molecule has 0 radical (unpaired) electrons. The largest absolute Gasteiger partial charge is 0.507 e. The van der Waals surface area contributed by atoms with E-state index in [-0.39, 0.29) is 42.3 Å². The van der Waals surface area contributed by atoms with Gasteiger partial charge >= 0.3 is 11.9 Å². The number of carbonyl (C=O) groups is 2. The number of esters is 2. The minimum absolute atomic E-state index is 0.144. The van der Waals surface area contributed by atoms with E-state index in [1.165, 1.54) is 21.1 Å². The SMILES string of the molecule is COC(=O)CCC1=C(C)C2=NC1=CC1=NC(=CC3=C(O)C(C)(O)C(=CC4=NC(=C2)C(C)=C4C(C)OC)N3)C(C)=C1CCC(=O)OC. The topological polar surface area (TPSA) is 151 Å². The van der Waals surface area contributed by atoms with E-state index in [1.54, 1.807) is 19.3 Å². The van der Waals surface area contributed by atoms with Crippen LogP contribution in [0.5, 0.6) is 0 Å². The van der Waals surface area contributed by atoms with E-state index in [2.05, 4.69) is 5.32 Å². The Bertz CT molecular complexity index is 1770. The molecule has 0 aliphatic carbocycles. The first kappa shape index (κ1) is 32.8. The van der Waals surface area contributed by atoms with Crippen LogP contribution < -0.4 is 5.32 Å². The number of hydrogen-bond acceptors (Lipinski definition) is 11. The third-order valence-electron chi connectivity index (χ3n) is 9.07. The van der Waals surface area contributed by atoms with Gasteiger partial charge in [-0.15, -0.1) is 0 Å². The van der Waals surface area contributed by atoms with Gasteiger partial charge in [0.25, 0.3) is 0 Å². The molecule has 242 valence electrons. The highest BCUT2D eigenvalue weighted by atomic mass is 16.5. The van der Waals surface area contributed by atoms with Gasteiger partial charge < -0.3 is 29.7 Å². The Hall–Kier alpha value is -4.61. The standard InChI is InChI=1S/C35H40N4O7/c1-17-21(9-11-31(40)45-7)26-15-27-22(10-12-32(41)46-8)18(2)24(37-27)14-29-34(42)35(5,43)30(39-29)16-28-33(20(4)44-6)19(3)25(38-28)13-23(17)36-26/h13-16,20,39,42-43H,9-12H2,1-8H3. The first-order chi connectivity index (χ1) is 21.8. The van der Waals surface area contributed by atoms with Gasteiger partial charge in [0.05, 0.1) is 65.9 Å². The van der Waals surface area contributed by atoms with E-state index in [1.807, 2.05) is 39.8 Å². The molecule has 0 aromatic rings. The van der Waals surface area contributed by atoms with Crippen molar-refractivity contribution < 1.29 is 34.0 Å². The highest BCUT2D eigenvalue weighted by Crippen LogP contribution is 2.39. The summed E-state index contributed by atoms with van der Waals surface area (Å²) in [6, 6.07) is 0. The minimum Gasteiger partial charge on any atom is -0.507 e. The molecule has 0 saturated carbocycles. The number of aliphatic hydroxyl groups is 2. The molecule has 0 aromatic carbocycles. The number of nitrogens with one attached hydrogen (secondary N) is 1. The first-order valence-electron chi connectivity index (χ1n) is 15.2. The number of hydrogen-bond donors (Lipinski definition) is 3.